The van der Waals surface area contributed by atoms with Crippen LogP contribution < -0.4 is 16.0 Å². The fraction of sp³-hybridized carbons (Fsp3) is 0.692. The number of amides is 2. The summed E-state index contributed by atoms with van der Waals surface area (Å²) < 4.78 is 0. The van der Waals surface area contributed by atoms with Crippen molar-refractivity contribution in [1.29, 1.82) is 0 Å². The maximum atomic E-state index is 11.7. The Kier molecular flexibility index (Phi) is 5.15. The third-order valence-electron chi connectivity index (χ3n) is 3.33. The molecule has 1 aromatic heterocycles. The highest BCUT2D eigenvalue weighted by Gasteiger charge is 2.20. The molecule has 106 valence electrons. The first-order valence-corrected chi connectivity index (χ1v) is 7.83. The van der Waals surface area contributed by atoms with Gasteiger partial charge in [-0.1, -0.05) is 6.92 Å². The second-order valence-electron chi connectivity index (χ2n) is 4.98. The monoisotopic (exact) mass is 282 g/mol. The Labute approximate surface area is 118 Å². The first kappa shape index (κ1) is 14.3. The van der Waals surface area contributed by atoms with Gasteiger partial charge in [-0.15, -0.1) is 11.3 Å². The van der Waals surface area contributed by atoms with Crippen molar-refractivity contribution in [2.45, 2.75) is 51.6 Å². The number of carbonyl (C=O) groups excluding carboxylic acids is 1. The first-order chi connectivity index (χ1) is 9.19. The Morgan fingerprint density at radius 2 is 2.37 bits per heavy atom. The number of nitrogens with zero attached hydrogens (tertiary/aromatic N) is 1. The van der Waals surface area contributed by atoms with Crippen LogP contribution in [0.3, 0.4) is 0 Å². The number of aromatic nitrogens is 1. The molecule has 0 spiro atoms. The van der Waals surface area contributed by atoms with Crippen LogP contribution in [0, 0.1) is 0 Å². The van der Waals surface area contributed by atoms with Crippen LogP contribution in [0.5, 0.6) is 0 Å². The number of thiazole rings is 1. The van der Waals surface area contributed by atoms with E-state index in [1.807, 2.05) is 5.38 Å². The number of hydrogen-bond donors (Lipinski definition) is 3. The van der Waals surface area contributed by atoms with E-state index in [0.29, 0.717) is 11.2 Å². The molecule has 2 amide bonds. The summed E-state index contributed by atoms with van der Waals surface area (Å²) in [6.07, 6.45) is 4.50. The summed E-state index contributed by atoms with van der Waals surface area (Å²) >= 11 is 1.47. The van der Waals surface area contributed by atoms with Gasteiger partial charge in [0.1, 0.15) is 0 Å². The minimum absolute atomic E-state index is 0.139. The molecule has 1 atom stereocenters. The van der Waals surface area contributed by atoms with Crippen molar-refractivity contribution in [2.75, 3.05) is 11.9 Å². The Morgan fingerprint density at radius 3 is 3.00 bits per heavy atom. The molecular weight excluding hydrogens is 260 g/mol. The highest BCUT2D eigenvalue weighted by Crippen LogP contribution is 2.21. The van der Waals surface area contributed by atoms with E-state index in [0.717, 1.165) is 31.5 Å². The van der Waals surface area contributed by atoms with Crippen LogP contribution in [0.1, 0.15) is 51.3 Å². The summed E-state index contributed by atoms with van der Waals surface area (Å²) in [5.41, 5.74) is 0.984. The fourth-order valence-corrected chi connectivity index (χ4v) is 2.68. The second-order valence-corrected chi connectivity index (χ2v) is 5.84. The van der Waals surface area contributed by atoms with Crippen LogP contribution in [-0.4, -0.2) is 23.6 Å². The summed E-state index contributed by atoms with van der Waals surface area (Å²) in [6.45, 7) is 5.20. The summed E-state index contributed by atoms with van der Waals surface area (Å²) in [5.74, 6) is 0. The van der Waals surface area contributed by atoms with E-state index >= 15 is 0 Å². The van der Waals surface area contributed by atoms with Gasteiger partial charge in [0, 0.05) is 17.5 Å². The predicted molar refractivity (Wildman–Crippen MR) is 78.6 cm³/mol. The van der Waals surface area contributed by atoms with Crippen molar-refractivity contribution in [3.63, 3.8) is 0 Å². The first-order valence-electron chi connectivity index (χ1n) is 6.95. The van der Waals surface area contributed by atoms with Crippen LogP contribution in [0.25, 0.3) is 0 Å². The van der Waals surface area contributed by atoms with Crippen LogP contribution in [0.15, 0.2) is 5.38 Å². The lowest BCUT2D eigenvalue weighted by Gasteiger charge is -2.26. The SMILES string of the molecule is CCCNC(C)c1csc(NC(=O)NC2CCC2)n1. The summed E-state index contributed by atoms with van der Waals surface area (Å²) in [6, 6.07) is 0.436. The molecule has 1 fully saturated rings. The van der Waals surface area contributed by atoms with E-state index in [1.165, 1.54) is 17.8 Å². The highest BCUT2D eigenvalue weighted by molar-refractivity contribution is 7.13. The van der Waals surface area contributed by atoms with Gasteiger partial charge in [0.2, 0.25) is 0 Å². The third kappa shape index (κ3) is 4.18. The lowest BCUT2D eigenvalue weighted by Crippen LogP contribution is -2.41. The molecule has 19 heavy (non-hydrogen) atoms. The van der Waals surface area contributed by atoms with Gasteiger partial charge < -0.3 is 10.6 Å². The summed E-state index contributed by atoms with van der Waals surface area (Å²) in [7, 11) is 0. The zero-order valence-corrected chi connectivity index (χ0v) is 12.3. The van der Waals surface area contributed by atoms with Crippen LogP contribution in [-0.2, 0) is 0 Å². The zero-order valence-electron chi connectivity index (χ0n) is 11.5. The lowest BCUT2D eigenvalue weighted by molar-refractivity contribution is 0.240. The molecule has 1 aliphatic rings. The fourth-order valence-electron chi connectivity index (χ4n) is 1.88. The Morgan fingerprint density at radius 1 is 1.58 bits per heavy atom. The molecule has 1 heterocycles. The van der Waals surface area contributed by atoms with Gasteiger partial charge in [-0.3, -0.25) is 5.32 Å². The average Bonchev–Trinajstić information content (AvgIpc) is 2.79. The maximum absolute atomic E-state index is 11.7. The summed E-state index contributed by atoms with van der Waals surface area (Å²) in [5, 5.41) is 11.8. The van der Waals surface area contributed by atoms with E-state index in [9.17, 15) is 4.79 Å². The number of anilines is 1. The van der Waals surface area contributed by atoms with Gasteiger partial charge in [0.25, 0.3) is 0 Å². The van der Waals surface area contributed by atoms with E-state index in [2.05, 4.69) is 34.8 Å². The zero-order chi connectivity index (χ0) is 13.7. The topological polar surface area (TPSA) is 66.0 Å². The minimum atomic E-state index is -0.139. The molecule has 2 rings (SSSR count). The van der Waals surface area contributed by atoms with Crippen molar-refractivity contribution >= 4 is 22.5 Å². The smallest absolute Gasteiger partial charge is 0.321 e. The standard InChI is InChI=1S/C13H22N4OS/c1-3-7-14-9(2)11-8-19-13(16-11)17-12(18)15-10-5-4-6-10/h8-10,14H,3-7H2,1-2H3,(H2,15,16,17,18). The maximum Gasteiger partial charge on any atom is 0.321 e. The van der Waals surface area contributed by atoms with Gasteiger partial charge in [-0.05, 0) is 39.2 Å². The highest BCUT2D eigenvalue weighted by atomic mass is 32.1. The van der Waals surface area contributed by atoms with E-state index < -0.39 is 0 Å². The van der Waals surface area contributed by atoms with Gasteiger partial charge in [0.15, 0.2) is 5.13 Å². The van der Waals surface area contributed by atoms with Crippen molar-refractivity contribution < 1.29 is 4.79 Å². The minimum Gasteiger partial charge on any atom is -0.335 e. The van der Waals surface area contributed by atoms with Crippen molar-refractivity contribution in [3.05, 3.63) is 11.1 Å². The van der Waals surface area contributed by atoms with Gasteiger partial charge in [0.05, 0.1) is 5.69 Å². The largest absolute Gasteiger partial charge is 0.335 e. The van der Waals surface area contributed by atoms with Gasteiger partial charge >= 0.3 is 6.03 Å². The van der Waals surface area contributed by atoms with Gasteiger partial charge in [-0.2, -0.15) is 0 Å². The third-order valence-corrected chi connectivity index (χ3v) is 4.10. The molecule has 0 aliphatic heterocycles. The Balaban J connectivity index is 1.80. The number of hydrogen-bond acceptors (Lipinski definition) is 4. The van der Waals surface area contributed by atoms with E-state index in [-0.39, 0.29) is 12.1 Å². The molecule has 1 aliphatic carbocycles. The van der Waals surface area contributed by atoms with Crippen LogP contribution in [0.2, 0.25) is 0 Å². The second kappa shape index (κ2) is 6.86. The molecule has 6 heteroatoms. The number of urea groups is 1. The number of rotatable bonds is 6. The quantitative estimate of drug-likeness (QED) is 0.751. The molecule has 0 bridgehead atoms. The molecular formula is C13H22N4OS. The lowest BCUT2D eigenvalue weighted by atomic mass is 9.93. The normalized spacial score (nSPS) is 16.7. The molecule has 1 aromatic rings. The van der Waals surface area contributed by atoms with E-state index in [1.54, 1.807) is 0 Å². The predicted octanol–water partition coefficient (Wildman–Crippen LogP) is 2.88. The van der Waals surface area contributed by atoms with Crippen molar-refractivity contribution in [2.24, 2.45) is 0 Å². The van der Waals surface area contributed by atoms with Crippen LogP contribution >= 0.6 is 11.3 Å². The van der Waals surface area contributed by atoms with Crippen molar-refractivity contribution in [1.82, 2.24) is 15.6 Å². The van der Waals surface area contributed by atoms with Crippen molar-refractivity contribution in [3.8, 4) is 0 Å². The molecule has 0 radical (unpaired) electrons. The number of nitrogens with one attached hydrogen (secondary N) is 3. The van der Waals surface area contributed by atoms with E-state index in [4.69, 9.17) is 0 Å². The van der Waals surface area contributed by atoms with Crippen LogP contribution in [0.4, 0.5) is 9.93 Å². The number of carbonyl (C=O) groups is 1. The molecule has 0 aromatic carbocycles. The molecule has 5 nitrogen and oxygen atoms in total. The molecule has 1 saturated carbocycles. The average molecular weight is 282 g/mol. The summed E-state index contributed by atoms with van der Waals surface area (Å²) in [4.78, 5) is 16.1. The Bertz CT molecular complexity index is 417. The Hall–Kier alpha value is -1.14. The molecule has 3 N–H and O–H groups in total. The molecule has 0 saturated heterocycles. The molecule has 1 unspecified atom stereocenters. The van der Waals surface area contributed by atoms with Gasteiger partial charge in [-0.25, -0.2) is 9.78 Å².